The molecule has 0 atom stereocenters. The summed E-state index contributed by atoms with van der Waals surface area (Å²) in [5.74, 6) is 1.53. The fourth-order valence-corrected chi connectivity index (χ4v) is 3.26. The molecule has 25 heavy (non-hydrogen) atoms. The van der Waals surface area contributed by atoms with Gasteiger partial charge in [-0.05, 0) is 45.2 Å². The Labute approximate surface area is 150 Å². The largest absolute Gasteiger partial charge is 0.772 e. The molecule has 0 spiro atoms. The number of hydroxylamine groups is 1. The molecule has 5 heteroatoms. The highest BCUT2D eigenvalue weighted by molar-refractivity contribution is 5.81. The van der Waals surface area contributed by atoms with Gasteiger partial charge in [0.1, 0.15) is 12.4 Å². The molecule has 138 valence electrons. The molecule has 5 nitrogen and oxygen atoms in total. The molecule has 0 radical (unpaired) electrons. The molecule has 2 rings (SSSR count). The zero-order chi connectivity index (χ0) is 18.2. The van der Waals surface area contributed by atoms with E-state index in [0.29, 0.717) is 30.7 Å². The third-order valence-corrected chi connectivity index (χ3v) is 4.89. The zero-order valence-corrected chi connectivity index (χ0v) is 15.3. The molecule has 1 aliphatic rings. The Morgan fingerprint density at radius 2 is 1.84 bits per heavy atom. The van der Waals surface area contributed by atoms with E-state index < -0.39 is 0 Å². The van der Waals surface area contributed by atoms with Crippen molar-refractivity contribution in [1.29, 1.82) is 0 Å². The number of rotatable bonds is 9. The Morgan fingerprint density at radius 1 is 1.24 bits per heavy atom. The van der Waals surface area contributed by atoms with Crippen LogP contribution in [0.3, 0.4) is 0 Å². The van der Waals surface area contributed by atoms with Crippen molar-refractivity contribution in [2.24, 2.45) is 11.8 Å². The number of allylic oxidation sites excluding steroid dienone is 1. The van der Waals surface area contributed by atoms with Crippen LogP contribution < -0.4 is 5.43 Å². The summed E-state index contributed by atoms with van der Waals surface area (Å²) in [4.78, 5) is 12.2. The maximum atomic E-state index is 12.2. The third kappa shape index (κ3) is 6.61. The zero-order valence-electron chi connectivity index (χ0n) is 15.3. The van der Waals surface area contributed by atoms with Crippen LogP contribution in [0.5, 0.6) is 0 Å². The number of carbonyl (C=O) groups is 1. The Kier molecular flexibility index (Phi) is 7.62. The van der Waals surface area contributed by atoms with Crippen molar-refractivity contribution in [3.05, 3.63) is 52.9 Å². The summed E-state index contributed by atoms with van der Waals surface area (Å²) in [6.07, 6.45) is 4.05. The van der Waals surface area contributed by atoms with Gasteiger partial charge in [0, 0.05) is 24.8 Å². The number of carbonyl (C=O) groups excluding carboxylic acids is 1. The quantitative estimate of drug-likeness (QED) is 0.546. The average molecular weight is 345 g/mol. The highest BCUT2D eigenvalue weighted by Crippen LogP contribution is 2.34. The fourth-order valence-electron chi connectivity index (χ4n) is 3.26. The number of ketones is 1. The van der Waals surface area contributed by atoms with E-state index in [1.807, 2.05) is 0 Å². The van der Waals surface area contributed by atoms with E-state index in [2.05, 4.69) is 43.2 Å². The number of aryl methyl sites for hydroxylation is 1. The predicted octanol–water partition coefficient (Wildman–Crippen LogP) is 3.73. The van der Waals surface area contributed by atoms with Gasteiger partial charge < -0.3 is 15.1 Å². The van der Waals surface area contributed by atoms with E-state index in [1.165, 1.54) is 12.6 Å². The molecule has 1 N–H and O–H groups in total. The van der Waals surface area contributed by atoms with Crippen LogP contribution in [-0.2, 0) is 16.1 Å². The third-order valence-electron chi connectivity index (χ3n) is 4.89. The van der Waals surface area contributed by atoms with Crippen molar-refractivity contribution in [3.8, 4) is 0 Å². The smallest absolute Gasteiger partial charge is 0.137 e. The fraction of sp³-hybridized carbons (Fsp3) is 0.550. The molecular formula is C20H29N2O3-. The minimum Gasteiger partial charge on any atom is -0.772 e. The number of ether oxygens (including phenoxy) is 1. The lowest BCUT2D eigenvalue weighted by atomic mass is 9.79. The lowest BCUT2D eigenvalue weighted by Crippen LogP contribution is -2.32. The highest BCUT2D eigenvalue weighted by Gasteiger charge is 2.27. The van der Waals surface area contributed by atoms with Gasteiger partial charge in [-0.1, -0.05) is 36.4 Å². The molecule has 0 aliphatic heterocycles. The molecule has 0 unspecified atom stereocenters. The Morgan fingerprint density at radius 3 is 2.44 bits per heavy atom. The molecule has 1 saturated carbocycles. The highest BCUT2D eigenvalue weighted by atomic mass is 16.5. The van der Waals surface area contributed by atoms with Crippen LogP contribution in [0.15, 0.2) is 36.6 Å². The van der Waals surface area contributed by atoms with Crippen LogP contribution in [0.2, 0.25) is 0 Å². The number of nitrogens with zero attached hydrogens (tertiary/aromatic N) is 1. The SMILES string of the molecule is C=C(OCc1ccc(C)cc1)C1CCC(C(=O)CCNN(C)[O-])CC1. The van der Waals surface area contributed by atoms with Crippen LogP contribution in [-0.4, -0.2) is 24.5 Å². The first kappa shape index (κ1) is 19.6. The minimum absolute atomic E-state index is 0.111. The summed E-state index contributed by atoms with van der Waals surface area (Å²) in [6.45, 7) is 7.12. The molecule has 0 bridgehead atoms. The molecule has 1 aromatic rings. The van der Waals surface area contributed by atoms with Crippen LogP contribution >= 0.6 is 0 Å². The minimum atomic E-state index is 0.111. The lowest BCUT2D eigenvalue weighted by molar-refractivity contribution is -0.124. The van der Waals surface area contributed by atoms with Crippen LogP contribution in [0.25, 0.3) is 0 Å². The summed E-state index contributed by atoms with van der Waals surface area (Å²) in [7, 11) is 1.39. The molecule has 1 aliphatic carbocycles. The van der Waals surface area contributed by atoms with E-state index in [0.717, 1.165) is 37.0 Å². The molecule has 0 amide bonds. The van der Waals surface area contributed by atoms with Gasteiger partial charge in [-0.2, -0.15) is 0 Å². The van der Waals surface area contributed by atoms with E-state index in [9.17, 15) is 10.0 Å². The van der Waals surface area contributed by atoms with Crippen molar-refractivity contribution >= 4 is 5.78 Å². The van der Waals surface area contributed by atoms with Gasteiger partial charge in [-0.15, -0.1) is 0 Å². The maximum absolute atomic E-state index is 12.2. The van der Waals surface area contributed by atoms with Gasteiger partial charge in [0.05, 0.1) is 5.76 Å². The number of benzene rings is 1. The summed E-state index contributed by atoms with van der Waals surface area (Å²) >= 11 is 0. The summed E-state index contributed by atoms with van der Waals surface area (Å²) in [5, 5.41) is 11.4. The van der Waals surface area contributed by atoms with Crippen molar-refractivity contribution in [2.75, 3.05) is 13.6 Å². The molecule has 1 fully saturated rings. The van der Waals surface area contributed by atoms with E-state index in [-0.39, 0.29) is 11.7 Å². The topological polar surface area (TPSA) is 64.6 Å². The summed E-state index contributed by atoms with van der Waals surface area (Å²) < 4.78 is 5.86. The normalized spacial score (nSPS) is 20.5. The molecule has 0 aromatic heterocycles. The van der Waals surface area contributed by atoms with Crippen LogP contribution in [0.1, 0.15) is 43.2 Å². The Balaban J connectivity index is 1.69. The van der Waals surface area contributed by atoms with Crippen molar-refractivity contribution < 1.29 is 9.53 Å². The first-order chi connectivity index (χ1) is 12.0. The Bertz CT molecular complexity index is 561. The van der Waals surface area contributed by atoms with Gasteiger partial charge in [-0.25, -0.2) is 0 Å². The number of nitrogens with one attached hydrogen (secondary N) is 1. The first-order valence-electron chi connectivity index (χ1n) is 9.00. The summed E-state index contributed by atoms with van der Waals surface area (Å²) in [5.41, 5.74) is 4.98. The number of hydrogen-bond donors (Lipinski definition) is 1. The first-order valence-corrected chi connectivity index (χ1v) is 9.00. The molecule has 0 heterocycles. The van der Waals surface area contributed by atoms with Gasteiger partial charge in [-0.3, -0.25) is 10.2 Å². The average Bonchev–Trinajstić information content (AvgIpc) is 2.60. The second-order valence-corrected chi connectivity index (χ2v) is 6.91. The van der Waals surface area contributed by atoms with Crippen molar-refractivity contribution in [3.63, 3.8) is 0 Å². The second kappa shape index (κ2) is 9.70. The molecule has 0 saturated heterocycles. The maximum Gasteiger partial charge on any atom is 0.137 e. The second-order valence-electron chi connectivity index (χ2n) is 6.91. The Hall–Kier alpha value is -1.69. The standard InChI is InChI=1S/C20H29N2O3/c1-15-4-6-17(7-5-15)14-25-16(2)18-8-10-19(11-9-18)20(23)12-13-21-22(3)24/h4-7,18-19,21H,2,8-14H2,1,3H3/q-1. The number of hydrazine groups is 1. The van der Waals surface area contributed by atoms with E-state index >= 15 is 0 Å². The van der Waals surface area contributed by atoms with Gasteiger partial charge in [0.2, 0.25) is 0 Å². The van der Waals surface area contributed by atoms with Crippen LogP contribution in [0, 0.1) is 24.0 Å². The van der Waals surface area contributed by atoms with E-state index in [1.54, 1.807) is 0 Å². The van der Waals surface area contributed by atoms with Crippen LogP contribution in [0.4, 0.5) is 0 Å². The summed E-state index contributed by atoms with van der Waals surface area (Å²) in [6, 6.07) is 8.31. The molecular weight excluding hydrogens is 316 g/mol. The predicted molar refractivity (Wildman–Crippen MR) is 99.3 cm³/mol. The number of Topliss-reactive ketones (excluding diaryl/α,β-unsaturated/α-hetero) is 1. The monoisotopic (exact) mass is 345 g/mol. The van der Waals surface area contributed by atoms with Gasteiger partial charge in [0.15, 0.2) is 0 Å². The van der Waals surface area contributed by atoms with Gasteiger partial charge >= 0.3 is 0 Å². The number of hydrogen-bond acceptors (Lipinski definition) is 5. The lowest BCUT2D eigenvalue weighted by Gasteiger charge is -2.29. The van der Waals surface area contributed by atoms with Gasteiger partial charge in [0.25, 0.3) is 0 Å². The van der Waals surface area contributed by atoms with Crippen molar-refractivity contribution in [2.45, 2.75) is 45.6 Å². The molecule has 1 aromatic carbocycles. The van der Waals surface area contributed by atoms with E-state index in [4.69, 9.17) is 4.74 Å². The van der Waals surface area contributed by atoms with Crippen molar-refractivity contribution in [1.82, 2.24) is 10.6 Å².